The zero-order chi connectivity index (χ0) is 33.0. The van der Waals surface area contributed by atoms with Gasteiger partial charge in [-0.1, -0.05) is 159 Å². The van der Waals surface area contributed by atoms with Gasteiger partial charge in [0.2, 0.25) is 0 Å². The average molecular weight is 628 g/mol. The molecule has 0 N–H and O–H groups in total. The van der Waals surface area contributed by atoms with Gasteiger partial charge in [0.15, 0.2) is 0 Å². The minimum absolute atomic E-state index is 0.192. The first-order chi connectivity index (χ1) is 24.1. The highest BCUT2D eigenvalue weighted by Crippen LogP contribution is 2.55. The molecule has 1 heteroatoms. The van der Waals surface area contributed by atoms with E-state index < -0.39 is 0 Å². The Balaban J connectivity index is 1.24. The molecule has 1 aliphatic carbocycles. The first-order valence-electron chi connectivity index (χ1n) is 17.2. The lowest BCUT2D eigenvalue weighted by Gasteiger charge is -2.29. The van der Waals surface area contributed by atoms with Gasteiger partial charge in [-0.05, 0) is 102 Å². The molecule has 49 heavy (non-hydrogen) atoms. The van der Waals surface area contributed by atoms with E-state index in [1.807, 2.05) is 0 Å². The summed E-state index contributed by atoms with van der Waals surface area (Å²) in [5, 5.41) is 5.12. The molecule has 1 aliphatic rings. The van der Waals surface area contributed by atoms with Crippen LogP contribution in [0, 0.1) is 0 Å². The molecule has 8 aromatic rings. The van der Waals surface area contributed by atoms with Gasteiger partial charge in [-0.25, -0.2) is 0 Å². The summed E-state index contributed by atoms with van der Waals surface area (Å²) < 4.78 is 0. The van der Waals surface area contributed by atoms with Crippen LogP contribution in [0.3, 0.4) is 0 Å². The first-order valence-corrected chi connectivity index (χ1v) is 17.2. The maximum atomic E-state index is 2.50. The van der Waals surface area contributed by atoms with Crippen molar-refractivity contribution in [3.05, 3.63) is 193 Å². The Kier molecular flexibility index (Phi) is 6.95. The molecular weight excluding hydrogens is 591 g/mol. The van der Waals surface area contributed by atoms with Crippen molar-refractivity contribution in [2.45, 2.75) is 25.8 Å². The molecule has 0 radical (unpaired) electrons. The van der Waals surface area contributed by atoms with Gasteiger partial charge in [0.25, 0.3) is 0 Å². The number of nitrogens with zero attached hydrogens (tertiary/aromatic N) is 1. The van der Waals surface area contributed by atoms with Gasteiger partial charge in [0.1, 0.15) is 0 Å². The predicted molar refractivity (Wildman–Crippen MR) is 209 cm³/mol. The van der Waals surface area contributed by atoms with Crippen molar-refractivity contribution in [3.8, 4) is 33.4 Å². The van der Waals surface area contributed by atoms with E-state index in [1.54, 1.807) is 0 Å². The molecule has 0 fully saturated rings. The smallest absolute Gasteiger partial charge is 0.0487 e. The molecule has 0 bridgehead atoms. The minimum atomic E-state index is -0.192. The lowest BCUT2D eigenvalue weighted by molar-refractivity contribution is 0.666. The zero-order valence-corrected chi connectivity index (χ0v) is 27.9. The molecule has 0 heterocycles. The van der Waals surface area contributed by atoms with Crippen molar-refractivity contribution in [1.29, 1.82) is 0 Å². The molecule has 0 aromatic heterocycles. The molecule has 0 amide bonds. The van der Waals surface area contributed by atoms with Gasteiger partial charge in [0.05, 0.1) is 0 Å². The monoisotopic (exact) mass is 627 g/mol. The van der Waals surface area contributed by atoms with Crippen LogP contribution in [0.15, 0.2) is 176 Å². The number of benzene rings is 8. The highest BCUT2D eigenvalue weighted by atomic mass is 15.1. The average Bonchev–Trinajstić information content (AvgIpc) is 3.40. The Morgan fingerprint density at radius 3 is 1.82 bits per heavy atom. The number of anilines is 2. The highest BCUT2D eigenvalue weighted by molar-refractivity contribution is 6.05. The summed E-state index contributed by atoms with van der Waals surface area (Å²) in [6, 6.07) is 64.5. The van der Waals surface area contributed by atoms with E-state index in [2.05, 4.69) is 195 Å². The van der Waals surface area contributed by atoms with Crippen LogP contribution in [0.4, 0.5) is 11.4 Å². The Hall–Kier alpha value is -5.92. The fraction of sp³-hybridized carbons (Fsp3) is 0.0833. The van der Waals surface area contributed by atoms with E-state index in [0.29, 0.717) is 0 Å². The molecule has 0 unspecified atom stereocenters. The summed E-state index contributed by atoms with van der Waals surface area (Å²) in [4.78, 5) is 2.50. The Morgan fingerprint density at radius 1 is 0.449 bits per heavy atom. The maximum absolute atomic E-state index is 2.50. The second kappa shape index (κ2) is 11.6. The lowest BCUT2D eigenvalue weighted by Crippen LogP contribution is -2.19. The van der Waals surface area contributed by atoms with Crippen molar-refractivity contribution in [3.63, 3.8) is 0 Å². The van der Waals surface area contributed by atoms with Crippen LogP contribution >= 0.6 is 0 Å². The maximum Gasteiger partial charge on any atom is 0.0487 e. The van der Waals surface area contributed by atoms with E-state index in [4.69, 9.17) is 0 Å². The Bertz CT molecular complexity index is 2490. The normalized spacial score (nSPS) is 12.9. The Morgan fingerprint density at radius 2 is 1.04 bits per heavy atom. The fourth-order valence-electron chi connectivity index (χ4n) is 8.10. The van der Waals surface area contributed by atoms with E-state index in [9.17, 15) is 0 Å². The number of hydrogen-bond acceptors (Lipinski definition) is 1. The zero-order valence-electron chi connectivity index (χ0n) is 27.9. The second-order valence-electron chi connectivity index (χ2n) is 13.8. The number of rotatable bonds is 6. The van der Waals surface area contributed by atoms with Crippen LogP contribution in [0.5, 0.6) is 0 Å². The molecule has 1 nitrogen and oxygen atoms in total. The van der Waals surface area contributed by atoms with Crippen molar-refractivity contribution < 1.29 is 0 Å². The molecule has 9 rings (SSSR count). The van der Waals surface area contributed by atoms with Crippen LogP contribution in [-0.2, 0) is 12.0 Å². The van der Waals surface area contributed by atoms with Crippen molar-refractivity contribution in [2.24, 2.45) is 0 Å². The molecular formula is C48H37N. The summed E-state index contributed by atoms with van der Waals surface area (Å²) in [6.45, 7) is 5.56. The molecule has 8 aromatic carbocycles. The standard InChI is InChI=1S/C48H37N/c1-48(2)45-31-40(27-28-43(45)46-44(35-18-7-4-8-19-35)30-37-21-11-14-24-42(37)47(46)48)49(39-26-25-33-15-9-10-20-36(33)29-39)32-38-22-12-13-23-41(38)34-16-5-3-6-17-34/h3-31H,32H2,1-2H3. The highest BCUT2D eigenvalue weighted by Gasteiger charge is 2.39. The van der Waals surface area contributed by atoms with Gasteiger partial charge in [-0.3, -0.25) is 0 Å². The lowest BCUT2D eigenvalue weighted by atomic mass is 9.79. The molecule has 0 saturated carbocycles. The predicted octanol–water partition coefficient (Wildman–Crippen LogP) is 13.0. The molecule has 0 aliphatic heterocycles. The van der Waals surface area contributed by atoms with Gasteiger partial charge in [0, 0.05) is 23.3 Å². The quantitative estimate of drug-likeness (QED) is 0.177. The van der Waals surface area contributed by atoms with Gasteiger partial charge in [-0.15, -0.1) is 0 Å². The van der Waals surface area contributed by atoms with Crippen LogP contribution in [0.1, 0.15) is 30.5 Å². The third-order valence-corrected chi connectivity index (χ3v) is 10.5. The van der Waals surface area contributed by atoms with Crippen LogP contribution < -0.4 is 4.90 Å². The molecule has 234 valence electrons. The summed E-state index contributed by atoms with van der Waals surface area (Å²) in [6.07, 6.45) is 0. The first kappa shape index (κ1) is 29.2. The van der Waals surface area contributed by atoms with E-state index in [0.717, 1.165) is 6.54 Å². The van der Waals surface area contributed by atoms with Crippen molar-refractivity contribution in [1.82, 2.24) is 0 Å². The van der Waals surface area contributed by atoms with Crippen LogP contribution in [0.25, 0.3) is 54.9 Å². The van der Waals surface area contributed by atoms with E-state index >= 15 is 0 Å². The van der Waals surface area contributed by atoms with Crippen molar-refractivity contribution in [2.75, 3.05) is 4.90 Å². The van der Waals surface area contributed by atoms with Crippen LogP contribution in [0.2, 0.25) is 0 Å². The SMILES string of the molecule is CC1(C)c2cc(N(Cc3ccccc3-c3ccccc3)c3ccc4ccccc4c3)ccc2-c2c(-c3ccccc3)cc3ccccc3c21. The topological polar surface area (TPSA) is 3.24 Å². The van der Waals surface area contributed by atoms with E-state index in [1.165, 1.54) is 83.0 Å². The summed E-state index contributed by atoms with van der Waals surface area (Å²) in [5.74, 6) is 0. The third-order valence-electron chi connectivity index (χ3n) is 10.5. The Labute approximate surface area is 288 Å². The van der Waals surface area contributed by atoms with Gasteiger partial charge < -0.3 is 4.90 Å². The summed E-state index contributed by atoms with van der Waals surface area (Å²) >= 11 is 0. The largest absolute Gasteiger partial charge is 0.337 e. The van der Waals surface area contributed by atoms with Crippen LogP contribution in [-0.4, -0.2) is 0 Å². The fourth-order valence-corrected chi connectivity index (χ4v) is 8.10. The molecule has 0 saturated heterocycles. The number of fused-ring (bicyclic) bond motifs is 6. The molecule has 0 atom stereocenters. The number of hydrogen-bond donors (Lipinski definition) is 0. The van der Waals surface area contributed by atoms with Gasteiger partial charge >= 0.3 is 0 Å². The summed E-state index contributed by atoms with van der Waals surface area (Å²) in [5.41, 5.74) is 14.0. The second-order valence-corrected chi connectivity index (χ2v) is 13.8. The minimum Gasteiger partial charge on any atom is -0.337 e. The van der Waals surface area contributed by atoms with Gasteiger partial charge in [-0.2, -0.15) is 0 Å². The third kappa shape index (κ3) is 4.93. The van der Waals surface area contributed by atoms with Crippen molar-refractivity contribution >= 4 is 32.9 Å². The van der Waals surface area contributed by atoms with E-state index in [-0.39, 0.29) is 5.41 Å². The molecule has 0 spiro atoms. The summed E-state index contributed by atoms with van der Waals surface area (Å²) in [7, 11) is 0.